The zero-order chi connectivity index (χ0) is 12.0. The van der Waals surface area contributed by atoms with E-state index in [0.29, 0.717) is 0 Å². The number of nitrogens with one attached hydrogen (secondary N) is 1. The SMILES string of the molecule is CC1C(c2cnc[nH]2)c2ccccc2C1(C)O. The smallest absolute Gasteiger partial charge is 0.0921 e. The van der Waals surface area contributed by atoms with Crippen LogP contribution >= 0.6 is 0 Å². The van der Waals surface area contributed by atoms with Gasteiger partial charge in [0.25, 0.3) is 0 Å². The van der Waals surface area contributed by atoms with Crippen LogP contribution in [0, 0.1) is 5.92 Å². The molecule has 0 aliphatic heterocycles. The van der Waals surface area contributed by atoms with E-state index in [1.165, 1.54) is 5.56 Å². The lowest BCUT2D eigenvalue weighted by Gasteiger charge is -2.26. The van der Waals surface area contributed by atoms with Gasteiger partial charge in [-0.25, -0.2) is 4.98 Å². The van der Waals surface area contributed by atoms with Crippen LogP contribution in [0.2, 0.25) is 0 Å². The molecule has 1 aromatic heterocycles. The van der Waals surface area contributed by atoms with E-state index in [1.54, 1.807) is 6.33 Å². The number of hydrogen-bond donors (Lipinski definition) is 2. The molecule has 2 aromatic rings. The number of rotatable bonds is 1. The first kappa shape index (κ1) is 10.5. The minimum absolute atomic E-state index is 0.139. The van der Waals surface area contributed by atoms with Gasteiger partial charge < -0.3 is 10.1 Å². The standard InChI is InChI=1S/C14H16N2O/c1-9-13(12-7-15-8-16-12)10-5-3-4-6-11(10)14(9,2)17/h3-9,13,17H,1-2H3,(H,15,16). The number of aliphatic hydroxyl groups is 1. The van der Waals surface area contributed by atoms with E-state index in [1.807, 2.05) is 31.3 Å². The Bertz CT molecular complexity index is 531. The number of aromatic nitrogens is 2. The average Bonchev–Trinajstić information content (AvgIpc) is 2.88. The highest BCUT2D eigenvalue weighted by Gasteiger charge is 2.46. The topological polar surface area (TPSA) is 48.9 Å². The van der Waals surface area contributed by atoms with Crippen molar-refractivity contribution in [3.8, 4) is 0 Å². The van der Waals surface area contributed by atoms with Gasteiger partial charge in [0.15, 0.2) is 0 Å². The molecule has 0 amide bonds. The lowest BCUT2D eigenvalue weighted by molar-refractivity contribution is 0.00990. The highest BCUT2D eigenvalue weighted by Crippen LogP contribution is 2.50. The van der Waals surface area contributed by atoms with Gasteiger partial charge in [-0.3, -0.25) is 0 Å². The van der Waals surface area contributed by atoms with Crippen LogP contribution in [0.4, 0.5) is 0 Å². The molecular weight excluding hydrogens is 212 g/mol. The molecule has 3 unspecified atom stereocenters. The fourth-order valence-corrected chi connectivity index (χ4v) is 2.94. The van der Waals surface area contributed by atoms with Gasteiger partial charge in [-0.05, 0) is 18.1 Å². The summed E-state index contributed by atoms with van der Waals surface area (Å²) in [5.41, 5.74) is 2.54. The van der Waals surface area contributed by atoms with Crippen LogP contribution < -0.4 is 0 Å². The number of benzene rings is 1. The maximum atomic E-state index is 10.7. The number of hydrogen-bond acceptors (Lipinski definition) is 2. The predicted octanol–water partition coefficient (Wildman–Crippen LogP) is 2.40. The van der Waals surface area contributed by atoms with E-state index in [9.17, 15) is 5.11 Å². The van der Waals surface area contributed by atoms with Gasteiger partial charge in [0.2, 0.25) is 0 Å². The van der Waals surface area contributed by atoms with E-state index in [0.717, 1.165) is 11.3 Å². The van der Waals surface area contributed by atoms with Gasteiger partial charge >= 0.3 is 0 Å². The molecule has 3 atom stereocenters. The van der Waals surface area contributed by atoms with Crippen LogP contribution in [0.15, 0.2) is 36.8 Å². The Labute approximate surface area is 101 Å². The summed E-state index contributed by atoms with van der Waals surface area (Å²) in [5.74, 6) is 0.337. The minimum atomic E-state index is -0.771. The Morgan fingerprint density at radius 1 is 1.35 bits per heavy atom. The van der Waals surface area contributed by atoms with Crippen molar-refractivity contribution >= 4 is 0 Å². The third-order valence-corrected chi connectivity index (χ3v) is 4.08. The molecule has 1 aromatic carbocycles. The number of H-pyrrole nitrogens is 1. The summed E-state index contributed by atoms with van der Waals surface area (Å²) >= 11 is 0. The van der Waals surface area contributed by atoms with Gasteiger partial charge in [0, 0.05) is 23.7 Å². The first-order chi connectivity index (χ1) is 8.12. The summed E-state index contributed by atoms with van der Waals surface area (Å²) in [5, 5.41) is 10.7. The zero-order valence-electron chi connectivity index (χ0n) is 10.0. The first-order valence-electron chi connectivity index (χ1n) is 5.92. The van der Waals surface area contributed by atoms with E-state index in [2.05, 4.69) is 23.0 Å². The molecule has 0 saturated heterocycles. The summed E-state index contributed by atoms with van der Waals surface area (Å²) in [4.78, 5) is 7.25. The van der Waals surface area contributed by atoms with E-state index in [4.69, 9.17) is 0 Å². The number of nitrogens with zero attached hydrogens (tertiary/aromatic N) is 1. The normalized spacial score (nSPS) is 31.5. The summed E-state index contributed by atoms with van der Waals surface area (Å²) in [6, 6.07) is 8.12. The lowest BCUT2D eigenvalue weighted by Crippen LogP contribution is -2.27. The summed E-state index contributed by atoms with van der Waals surface area (Å²) in [6.45, 7) is 3.98. The Morgan fingerprint density at radius 2 is 2.12 bits per heavy atom. The minimum Gasteiger partial charge on any atom is -0.385 e. The van der Waals surface area contributed by atoms with Crippen LogP contribution in [0.3, 0.4) is 0 Å². The van der Waals surface area contributed by atoms with Crippen LogP contribution in [0.1, 0.15) is 36.6 Å². The number of fused-ring (bicyclic) bond motifs is 1. The monoisotopic (exact) mass is 228 g/mol. The molecule has 3 heteroatoms. The molecule has 0 radical (unpaired) electrons. The van der Waals surface area contributed by atoms with Gasteiger partial charge in [-0.2, -0.15) is 0 Å². The van der Waals surface area contributed by atoms with Crippen molar-refractivity contribution in [1.82, 2.24) is 9.97 Å². The van der Waals surface area contributed by atoms with E-state index < -0.39 is 5.60 Å². The lowest BCUT2D eigenvalue weighted by atomic mass is 9.85. The second-order valence-corrected chi connectivity index (χ2v) is 5.01. The summed E-state index contributed by atoms with van der Waals surface area (Å²) in [6.07, 6.45) is 3.54. The van der Waals surface area contributed by atoms with Crippen LogP contribution in [0.5, 0.6) is 0 Å². The highest BCUT2D eigenvalue weighted by molar-refractivity contribution is 5.45. The van der Waals surface area contributed by atoms with Crippen molar-refractivity contribution in [3.63, 3.8) is 0 Å². The van der Waals surface area contributed by atoms with Crippen molar-refractivity contribution < 1.29 is 5.11 Å². The van der Waals surface area contributed by atoms with Crippen molar-refractivity contribution in [2.75, 3.05) is 0 Å². The Balaban J connectivity index is 2.19. The second-order valence-electron chi connectivity index (χ2n) is 5.01. The molecule has 0 bridgehead atoms. The van der Waals surface area contributed by atoms with Gasteiger partial charge in [-0.1, -0.05) is 31.2 Å². The fraction of sp³-hybridized carbons (Fsp3) is 0.357. The second kappa shape index (κ2) is 3.44. The predicted molar refractivity (Wildman–Crippen MR) is 65.6 cm³/mol. The van der Waals surface area contributed by atoms with Crippen LogP contribution in [-0.4, -0.2) is 15.1 Å². The number of imidazole rings is 1. The van der Waals surface area contributed by atoms with Crippen molar-refractivity contribution in [3.05, 3.63) is 53.6 Å². The van der Waals surface area contributed by atoms with Crippen molar-refractivity contribution in [1.29, 1.82) is 0 Å². The molecule has 0 fully saturated rings. The quantitative estimate of drug-likeness (QED) is 0.787. The average molecular weight is 228 g/mol. The molecule has 3 nitrogen and oxygen atoms in total. The van der Waals surface area contributed by atoms with E-state index >= 15 is 0 Å². The third-order valence-electron chi connectivity index (χ3n) is 4.08. The molecule has 1 aliphatic carbocycles. The number of aromatic amines is 1. The molecule has 0 spiro atoms. The Kier molecular flexibility index (Phi) is 2.13. The fourth-order valence-electron chi connectivity index (χ4n) is 2.94. The molecule has 1 aliphatic rings. The largest absolute Gasteiger partial charge is 0.385 e. The molecule has 2 N–H and O–H groups in total. The summed E-state index contributed by atoms with van der Waals surface area (Å²) < 4.78 is 0. The maximum absolute atomic E-state index is 10.7. The first-order valence-corrected chi connectivity index (χ1v) is 5.92. The Hall–Kier alpha value is -1.61. The van der Waals surface area contributed by atoms with Crippen molar-refractivity contribution in [2.45, 2.75) is 25.4 Å². The molecule has 88 valence electrons. The molecular formula is C14H16N2O. The molecule has 1 heterocycles. The third kappa shape index (κ3) is 1.35. The Morgan fingerprint density at radius 3 is 2.82 bits per heavy atom. The highest BCUT2D eigenvalue weighted by atomic mass is 16.3. The van der Waals surface area contributed by atoms with Crippen LogP contribution in [-0.2, 0) is 5.60 Å². The summed E-state index contributed by atoms with van der Waals surface area (Å²) in [7, 11) is 0. The van der Waals surface area contributed by atoms with Crippen molar-refractivity contribution in [2.24, 2.45) is 5.92 Å². The van der Waals surface area contributed by atoms with Gasteiger partial charge in [0.05, 0.1) is 11.9 Å². The van der Waals surface area contributed by atoms with Gasteiger partial charge in [0.1, 0.15) is 0 Å². The maximum Gasteiger partial charge on any atom is 0.0921 e. The molecule has 3 rings (SSSR count). The van der Waals surface area contributed by atoms with Gasteiger partial charge in [-0.15, -0.1) is 0 Å². The molecule has 17 heavy (non-hydrogen) atoms. The van der Waals surface area contributed by atoms with E-state index in [-0.39, 0.29) is 11.8 Å². The van der Waals surface area contributed by atoms with Crippen LogP contribution in [0.25, 0.3) is 0 Å². The molecule has 0 saturated carbocycles. The zero-order valence-corrected chi connectivity index (χ0v) is 10.0.